The largest absolute Gasteiger partial charge is 0.481 e. The van der Waals surface area contributed by atoms with E-state index in [9.17, 15) is 24.0 Å². The van der Waals surface area contributed by atoms with Gasteiger partial charge in [0.25, 0.3) is 0 Å². The van der Waals surface area contributed by atoms with Crippen LogP contribution >= 0.6 is 12.6 Å². The lowest BCUT2D eigenvalue weighted by Gasteiger charge is -2.26. The normalized spacial score (nSPS) is 18.4. The first kappa shape index (κ1) is 22.7. The van der Waals surface area contributed by atoms with Crippen molar-refractivity contribution in [1.82, 2.24) is 15.5 Å². The van der Waals surface area contributed by atoms with Crippen molar-refractivity contribution in [2.75, 3.05) is 18.8 Å². The second-order valence-electron chi connectivity index (χ2n) is 6.02. The Morgan fingerprint density at radius 3 is 2.33 bits per heavy atom. The van der Waals surface area contributed by atoms with Crippen LogP contribution in [0.2, 0.25) is 0 Å². The highest BCUT2D eigenvalue weighted by molar-refractivity contribution is 7.80. The van der Waals surface area contributed by atoms with Gasteiger partial charge in [0.1, 0.15) is 18.1 Å². The van der Waals surface area contributed by atoms with Gasteiger partial charge in [-0.05, 0) is 19.3 Å². The van der Waals surface area contributed by atoms with Gasteiger partial charge in [-0.1, -0.05) is 0 Å². The van der Waals surface area contributed by atoms with E-state index in [0.29, 0.717) is 19.4 Å². The number of carboxylic acid groups (broad SMARTS) is 2. The minimum Gasteiger partial charge on any atom is -0.481 e. The fourth-order valence-electron chi connectivity index (χ4n) is 2.72. The number of carboxylic acids is 2. The average molecular weight is 404 g/mol. The van der Waals surface area contributed by atoms with Gasteiger partial charge in [-0.25, -0.2) is 4.79 Å². The molecule has 3 amide bonds. The molecule has 27 heavy (non-hydrogen) atoms. The van der Waals surface area contributed by atoms with Gasteiger partial charge in [0, 0.05) is 18.7 Å². The van der Waals surface area contributed by atoms with E-state index in [-0.39, 0.29) is 18.7 Å². The Balaban J connectivity index is 2.85. The number of nitrogens with two attached hydrogens (primary N) is 1. The molecule has 0 saturated carbocycles. The van der Waals surface area contributed by atoms with Gasteiger partial charge in [-0.2, -0.15) is 12.6 Å². The molecule has 0 aliphatic carbocycles. The lowest BCUT2D eigenvalue weighted by Crippen LogP contribution is -2.56. The number of carbonyl (C=O) groups is 5. The molecule has 6 N–H and O–H groups in total. The monoisotopic (exact) mass is 404 g/mol. The molecule has 3 unspecified atom stereocenters. The molecular weight excluding hydrogens is 380 g/mol. The molecule has 0 aromatic rings. The van der Waals surface area contributed by atoms with Crippen LogP contribution in [-0.2, 0) is 24.0 Å². The van der Waals surface area contributed by atoms with E-state index in [4.69, 9.17) is 15.9 Å². The number of hydrogen-bond donors (Lipinski definition) is 6. The third-order valence-electron chi connectivity index (χ3n) is 4.13. The maximum Gasteiger partial charge on any atom is 0.327 e. The Kier molecular flexibility index (Phi) is 9.02. The second-order valence-corrected chi connectivity index (χ2v) is 6.39. The summed E-state index contributed by atoms with van der Waals surface area (Å²) in [7, 11) is 0. The summed E-state index contributed by atoms with van der Waals surface area (Å²) in [6.45, 7) is 0.107. The summed E-state index contributed by atoms with van der Waals surface area (Å²) in [5.74, 6) is -4.51. The molecule has 1 aliphatic rings. The Hall–Kier alpha value is -2.34. The Bertz CT molecular complexity index is 601. The number of rotatable bonds is 10. The van der Waals surface area contributed by atoms with Gasteiger partial charge in [0.15, 0.2) is 0 Å². The van der Waals surface area contributed by atoms with E-state index in [1.807, 2.05) is 0 Å². The third kappa shape index (κ3) is 6.71. The maximum atomic E-state index is 12.5. The lowest BCUT2D eigenvalue weighted by atomic mass is 10.1. The van der Waals surface area contributed by atoms with Gasteiger partial charge in [0.05, 0.1) is 6.54 Å². The van der Waals surface area contributed by atoms with Gasteiger partial charge >= 0.3 is 11.9 Å². The van der Waals surface area contributed by atoms with Gasteiger partial charge in [0.2, 0.25) is 17.7 Å². The summed E-state index contributed by atoms with van der Waals surface area (Å²) in [6.07, 6.45) is 0.340. The van der Waals surface area contributed by atoms with Crippen LogP contribution in [0.3, 0.4) is 0 Å². The average Bonchev–Trinajstić information content (AvgIpc) is 3.11. The van der Waals surface area contributed by atoms with E-state index in [0.717, 1.165) is 0 Å². The Morgan fingerprint density at radius 2 is 1.81 bits per heavy atom. The topological polar surface area (TPSA) is 179 Å². The van der Waals surface area contributed by atoms with E-state index in [2.05, 4.69) is 23.3 Å². The number of thiol groups is 1. The first-order valence-electron chi connectivity index (χ1n) is 8.37. The Morgan fingerprint density at radius 1 is 1.15 bits per heavy atom. The summed E-state index contributed by atoms with van der Waals surface area (Å²) in [4.78, 5) is 59.8. The zero-order valence-corrected chi connectivity index (χ0v) is 15.5. The molecule has 0 bridgehead atoms. The zero-order chi connectivity index (χ0) is 20.6. The number of amides is 3. The van der Waals surface area contributed by atoms with Crippen molar-refractivity contribution in [3.63, 3.8) is 0 Å². The number of nitrogens with zero attached hydrogens (tertiary/aromatic N) is 1. The third-order valence-corrected chi connectivity index (χ3v) is 4.49. The van der Waals surface area contributed by atoms with Gasteiger partial charge in [-0.15, -0.1) is 0 Å². The van der Waals surface area contributed by atoms with Crippen LogP contribution in [0.15, 0.2) is 0 Å². The first-order valence-corrected chi connectivity index (χ1v) is 9.00. The van der Waals surface area contributed by atoms with Crippen molar-refractivity contribution >= 4 is 42.3 Å². The highest BCUT2D eigenvalue weighted by Gasteiger charge is 2.35. The van der Waals surface area contributed by atoms with Gasteiger partial charge < -0.3 is 31.5 Å². The van der Waals surface area contributed by atoms with E-state index in [1.165, 1.54) is 4.90 Å². The summed E-state index contributed by atoms with van der Waals surface area (Å²) in [5.41, 5.74) is 5.33. The molecule has 11 nitrogen and oxygen atoms in total. The van der Waals surface area contributed by atoms with Crippen molar-refractivity contribution < 1.29 is 34.2 Å². The minimum absolute atomic E-state index is 0.178. The van der Waals surface area contributed by atoms with Crippen molar-refractivity contribution in [2.24, 2.45) is 5.73 Å². The van der Waals surface area contributed by atoms with Crippen molar-refractivity contribution in [3.05, 3.63) is 0 Å². The standard InChI is InChI=1S/C15H24N4O7S/c16-6-11(20)19-5-1-2-10(19)14(24)17-8(3-4-12(21)22)13(23)18-9(7-27)15(25)26/h8-10,27H,1-7,16H2,(H,17,24)(H,18,23)(H,21,22)(H,25,26). The van der Waals surface area contributed by atoms with Crippen LogP contribution in [0.1, 0.15) is 25.7 Å². The van der Waals surface area contributed by atoms with Crippen molar-refractivity contribution in [1.29, 1.82) is 0 Å². The molecule has 0 radical (unpaired) electrons. The molecule has 1 fully saturated rings. The fraction of sp³-hybridized carbons (Fsp3) is 0.667. The summed E-state index contributed by atoms with van der Waals surface area (Å²) < 4.78 is 0. The molecule has 0 aromatic heterocycles. The quantitative estimate of drug-likeness (QED) is 0.222. The first-order chi connectivity index (χ1) is 12.7. The molecule has 12 heteroatoms. The van der Waals surface area contributed by atoms with Crippen LogP contribution in [0, 0.1) is 0 Å². The molecule has 1 aliphatic heterocycles. The SMILES string of the molecule is NCC(=O)N1CCCC1C(=O)NC(CCC(=O)O)C(=O)NC(CS)C(=O)O. The molecule has 1 rings (SSSR count). The lowest BCUT2D eigenvalue weighted by molar-refractivity contribution is -0.143. The van der Waals surface area contributed by atoms with Crippen LogP contribution < -0.4 is 16.4 Å². The van der Waals surface area contributed by atoms with E-state index in [1.54, 1.807) is 0 Å². The van der Waals surface area contributed by atoms with Crippen LogP contribution in [0.25, 0.3) is 0 Å². The predicted molar refractivity (Wildman–Crippen MR) is 96.0 cm³/mol. The minimum atomic E-state index is -1.31. The number of hydrogen-bond acceptors (Lipinski definition) is 7. The number of carbonyl (C=O) groups excluding carboxylic acids is 3. The van der Waals surface area contributed by atoms with Crippen molar-refractivity contribution in [2.45, 2.75) is 43.8 Å². The zero-order valence-electron chi connectivity index (χ0n) is 14.6. The van der Waals surface area contributed by atoms with Crippen molar-refractivity contribution in [3.8, 4) is 0 Å². The maximum absolute atomic E-state index is 12.5. The fourth-order valence-corrected chi connectivity index (χ4v) is 2.96. The molecule has 152 valence electrons. The van der Waals surface area contributed by atoms with Crippen LogP contribution in [-0.4, -0.2) is 81.7 Å². The summed E-state index contributed by atoms with van der Waals surface area (Å²) in [5, 5.41) is 22.5. The second kappa shape index (κ2) is 10.7. The summed E-state index contributed by atoms with van der Waals surface area (Å²) in [6, 6.07) is -3.35. The highest BCUT2D eigenvalue weighted by atomic mass is 32.1. The Labute approximate surface area is 161 Å². The number of likely N-dealkylation sites (tertiary alicyclic amines) is 1. The van der Waals surface area contributed by atoms with E-state index < -0.39 is 54.2 Å². The summed E-state index contributed by atoms with van der Waals surface area (Å²) >= 11 is 3.84. The number of nitrogens with one attached hydrogen (secondary N) is 2. The highest BCUT2D eigenvalue weighted by Crippen LogP contribution is 2.17. The van der Waals surface area contributed by atoms with Crippen LogP contribution in [0.4, 0.5) is 0 Å². The molecule has 0 aromatic carbocycles. The molecular formula is C15H24N4O7S. The molecule has 3 atom stereocenters. The molecule has 1 saturated heterocycles. The molecule has 0 spiro atoms. The van der Waals surface area contributed by atoms with Gasteiger partial charge in [-0.3, -0.25) is 19.2 Å². The smallest absolute Gasteiger partial charge is 0.327 e. The van der Waals surface area contributed by atoms with Crippen LogP contribution in [0.5, 0.6) is 0 Å². The molecule has 1 heterocycles. The number of aliphatic carboxylic acids is 2. The predicted octanol–water partition coefficient (Wildman–Crippen LogP) is -2.22. The van der Waals surface area contributed by atoms with E-state index >= 15 is 0 Å².